The maximum absolute atomic E-state index is 12.4. The molecule has 0 aliphatic heterocycles. The van der Waals surface area contributed by atoms with Crippen LogP contribution in [0.4, 0.5) is 5.82 Å². The third-order valence-electron chi connectivity index (χ3n) is 6.44. The zero-order valence-electron chi connectivity index (χ0n) is 23.1. The van der Waals surface area contributed by atoms with Gasteiger partial charge in [-0.05, 0) is 83.6 Å². The van der Waals surface area contributed by atoms with Gasteiger partial charge in [-0.25, -0.2) is 4.98 Å². The van der Waals surface area contributed by atoms with Crippen molar-refractivity contribution in [2.75, 3.05) is 12.4 Å². The summed E-state index contributed by atoms with van der Waals surface area (Å²) in [5.41, 5.74) is 5.93. The topological polar surface area (TPSA) is 67.0 Å². The molecule has 0 aliphatic carbocycles. The number of nitrogens with one attached hydrogen (secondary N) is 2. The Morgan fingerprint density at radius 3 is 2.25 bits per heavy atom. The van der Waals surface area contributed by atoms with Gasteiger partial charge in [-0.1, -0.05) is 60.5 Å². The summed E-state index contributed by atoms with van der Waals surface area (Å²) in [5, 5.41) is 3.43. The van der Waals surface area contributed by atoms with E-state index in [-0.39, 0.29) is 11.6 Å². The van der Waals surface area contributed by atoms with Gasteiger partial charge in [0.1, 0.15) is 17.4 Å². The molecule has 2 N–H and O–H groups in total. The highest BCUT2D eigenvalue weighted by Gasteiger charge is 2.11. The Hall–Kier alpha value is -3.34. The lowest BCUT2D eigenvalue weighted by Gasteiger charge is -2.16. The highest BCUT2D eigenvalue weighted by atomic mass is 16.5. The van der Waals surface area contributed by atoms with Crippen LogP contribution in [0, 0.1) is 6.92 Å². The first-order valence-corrected chi connectivity index (χ1v) is 12.9. The molecule has 2 aromatic carbocycles. The van der Waals surface area contributed by atoms with E-state index in [0.29, 0.717) is 23.6 Å². The van der Waals surface area contributed by atoms with Crippen LogP contribution in [0.25, 0.3) is 0 Å². The van der Waals surface area contributed by atoms with Crippen molar-refractivity contribution in [1.29, 1.82) is 0 Å². The number of rotatable bonds is 10. The fourth-order valence-electron chi connectivity index (χ4n) is 3.66. The van der Waals surface area contributed by atoms with Gasteiger partial charge in [-0.3, -0.25) is 4.79 Å². The van der Waals surface area contributed by atoms with Gasteiger partial charge in [0.25, 0.3) is 5.56 Å². The lowest BCUT2D eigenvalue weighted by molar-refractivity contribution is 0.414. The Morgan fingerprint density at radius 2 is 1.69 bits per heavy atom. The smallest absolute Gasteiger partial charge is 0.255 e. The normalized spacial score (nSPS) is 11.2. The first-order chi connectivity index (χ1) is 17.2. The largest absolute Gasteiger partial charge is 0.497 e. The monoisotopic (exact) mass is 489 g/mol. The first-order valence-electron chi connectivity index (χ1n) is 12.9. The Labute approximate surface area is 217 Å². The lowest BCUT2D eigenvalue weighted by Crippen LogP contribution is -2.23. The molecule has 0 amide bonds. The summed E-state index contributed by atoms with van der Waals surface area (Å²) in [6.07, 6.45) is 4.91. The number of hydrogen-bond donors (Lipinski definition) is 2. The van der Waals surface area contributed by atoms with Gasteiger partial charge in [0.2, 0.25) is 0 Å². The van der Waals surface area contributed by atoms with E-state index in [1.807, 2.05) is 37.3 Å². The van der Waals surface area contributed by atoms with Crippen LogP contribution < -0.4 is 15.6 Å². The van der Waals surface area contributed by atoms with Crippen molar-refractivity contribution in [3.63, 3.8) is 0 Å². The highest BCUT2D eigenvalue weighted by Crippen LogP contribution is 2.16. The number of H-pyrrole nitrogens is 1. The van der Waals surface area contributed by atoms with Gasteiger partial charge >= 0.3 is 0 Å². The summed E-state index contributed by atoms with van der Waals surface area (Å²) < 4.78 is 5.19. The predicted molar refractivity (Wildman–Crippen MR) is 152 cm³/mol. The lowest BCUT2D eigenvalue weighted by atomic mass is 10.1. The molecular weight excluding hydrogens is 446 g/mol. The van der Waals surface area contributed by atoms with Gasteiger partial charge < -0.3 is 15.0 Å². The number of benzene rings is 2. The highest BCUT2D eigenvalue weighted by molar-refractivity contribution is 5.43. The molecule has 1 atom stereocenters. The molecule has 5 nitrogen and oxygen atoms in total. The van der Waals surface area contributed by atoms with Crippen molar-refractivity contribution in [1.82, 2.24) is 9.97 Å². The second-order valence-corrected chi connectivity index (χ2v) is 9.57. The number of aromatic nitrogens is 2. The second-order valence-electron chi connectivity index (χ2n) is 9.57. The average Bonchev–Trinajstić information content (AvgIpc) is 2.88. The molecule has 0 fully saturated rings. The number of ether oxygens (including phenoxy) is 1. The third-order valence-corrected chi connectivity index (χ3v) is 6.44. The van der Waals surface area contributed by atoms with E-state index in [9.17, 15) is 4.79 Å². The van der Waals surface area contributed by atoms with Crippen molar-refractivity contribution in [2.45, 2.75) is 79.7 Å². The van der Waals surface area contributed by atoms with Gasteiger partial charge in [0.05, 0.1) is 12.7 Å². The standard InChI is InChI=1S/C24H29N3O2.C7H14/c1-17(8-7-11-19-9-5-4-6-10-19)25-23-18(2)24(28)27-22(26-23)16-20-12-14-21(29-3)15-13-20;1-5-7(4)6(2)3/h4-6,9-10,12-15,17H,7-8,11,16H2,1-3H3,(H2,25,26,27,28);5H2,1-4H3. The molecule has 1 heterocycles. The zero-order valence-corrected chi connectivity index (χ0v) is 23.1. The number of anilines is 1. The molecule has 0 saturated heterocycles. The van der Waals surface area contributed by atoms with Gasteiger partial charge in [0.15, 0.2) is 0 Å². The summed E-state index contributed by atoms with van der Waals surface area (Å²) >= 11 is 0. The van der Waals surface area contributed by atoms with Crippen LogP contribution >= 0.6 is 0 Å². The molecule has 0 aliphatic rings. The van der Waals surface area contributed by atoms with Crippen LogP contribution in [0.2, 0.25) is 0 Å². The average molecular weight is 490 g/mol. The van der Waals surface area contributed by atoms with E-state index >= 15 is 0 Å². The van der Waals surface area contributed by atoms with E-state index in [1.165, 1.54) is 23.1 Å². The molecule has 5 heteroatoms. The number of nitrogens with zero attached hydrogens (tertiary/aromatic N) is 1. The molecule has 1 aromatic heterocycles. The maximum atomic E-state index is 12.4. The molecule has 194 valence electrons. The molecule has 0 spiro atoms. The van der Waals surface area contributed by atoms with Crippen molar-refractivity contribution >= 4 is 5.82 Å². The van der Waals surface area contributed by atoms with Crippen molar-refractivity contribution in [3.05, 3.63) is 98.6 Å². The molecule has 1 unspecified atom stereocenters. The Balaban J connectivity index is 0.000000572. The number of aromatic amines is 1. The Morgan fingerprint density at radius 1 is 1.03 bits per heavy atom. The first kappa shape index (κ1) is 28.9. The van der Waals surface area contributed by atoms with Crippen molar-refractivity contribution in [2.24, 2.45) is 0 Å². The molecule has 0 saturated carbocycles. The summed E-state index contributed by atoms with van der Waals surface area (Å²) in [5.74, 6) is 2.14. The fourth-order valence-corrected chi connectivity index (χ4v) is 3.66. The van der Waals surface area contributed by atoms with E-state index < -0.39 is 0 Å². The van der Waals surface area contributed by atoms with Crippen LogP contribution in [0.5, 0.6) is 5.75 Å². The minimum absolute atomic E-state index is 0.0949. The summed E-state index contributed by atoms with van der Waals surface area (Å²) in [4.78, 5) is 19.9. The van der Waals surface area contributed by atoms with Crippen LogP contribution in [-0.2, 0) is 12.8 Å². The van der Waals surface area contributed by atoms with Crippen LogP contribution in [0.3, 0.4) is 0 Å². The van der Waals surface area contributed by atoms with Gasteiger partial charge in [0, 0.05) is 12.5 Å². The van der Waals surface area contributed by atoms with Gasteiger partial charge in [-0.15, -0.1) is 0 Å². The van der Waals surface area contributed by atoms with E-state index in [4.69, 9.17) is 4.74 Å². The molecule has 3 rings (SSSR count). The molecule has 3 aromatic rings. The Kier molecular flexibility index (Phi) is 12.0. The molecule has 36 heavy (non-hydrogen) atoms. The predicted octanol–water partition coefficient (Wildman–Crippen LogP) is 7.25. The number of hydrogen-bond acceptors (Lipinski definition) is 4. The quantitative estimate of drug-likeness (QED) is 0.294. The summed E-state index contributed by atoms with van der Waals surface area (Å²) in [6.45, 7) is 12.6. The maximum Gasteiger partial charge on any atom is 0.255 e. The SMILES string of the molecule is CCC(C)=C(C)C.COc1ccc(Cc2nc(NC(C)CCCc3ccccc3)c(C)c(=O)[nH]2)cc1. The van der Waals surface area contributed by atoms with Crippen molar-refractivity contribution < 1.29 is 4.74 Å². The van der Waals surface area contributed by atoms with E-state index in [1.54, 1.807) is 7.11 Å². The van der Waals surface area contributed by atoms with Gasteiger partial charge in [-0.2, -0.15) is 0 Å². The molecular formula is C31H43N3O2. The molecule has 0 radical (unpaired) electrons. The van der Waals surface area contributed by atoms with E-state index in [2.05, 4.69) is 74.2 Å². The summed E-state index contributed by atoms with van der Waals surface area (Å²) in [6, 6.07) is 18.5. The molecule has 0 bridgehead atoms. The number of methoxy groups -OCH3 is 1. The second kappa shape index (κ2) is 14.9. The summed E-state index contributed by atoms with van der Waals surface area (Å²) in [7, 11) is 1.65. The minimum atomic E-state index is -0.0949. The van der Waals surface area contributed by atoms with Crippen molar-refractivity contribution in [3.8, 4) is 5.75 Å². The number of allylic oxidation sites excluding steroid dienone is 2. The third kappa shape index (κ3) is 9.73. The van der Waals surface area contributed by atoms with E-state index in [0.717, 1.165) is 30.6 Å². The van der Waals surface area contributed by atoms with Crippen LogP contribution in [-0.4, -0.2) is 23.1 Å². The van der Waals surface area contributed by atoms with Crippen LogP contribution in [0.15, 0.2) is 70.5 Å². The number of aryl methyl sites for hydroxylation is 1. The zero-order chi connectivity index (χ0) is 26.5. The fraction of sp³-hybridized carbons (Fsp3) is 0.419. The minimum Gasteiger partial charge on any atom is -0.497 e. The van der Waals surface area contributed by atoms with Crippen LogP contribution in [0.1, 0.15) is 76.4 Å². The Bertz CT molecular complexity index is 1140.